The minimum atomic E-state index is -0.931. The van der Waals surface area contributed by atoms with Crippen molar-refractivity contribution in [1.82, 2.24) is 0 Å². The predicted molar refractivity (Wildman–Crippen MR) is 105 cm³/mol. The van der Waals surface area contributed by atoms with E-state index >= 15 is 0 Å². The fraction of sp³-hybridized carbons (Fsp3) is 0.182. The number of hydrogen-bond acceptors (Lipinski definition) is 4. The van der Waals surface area contributed by atoms with Crippen molar-refractivity contribution in [2.24, 2.45) is 0 Å². The molecular weight excluding hydrogens is 342 g/mol. The zero-order chi connectivity index (χ0) is 19.4. The van der Waals surface area contributed by atoms with E-state index in [-0.39, 0.29) is 5.91 Å². The zero-order valence-corrected chi connectivity index (χ0v) is 15.5. The normalized spacial score (nSPS) is 11.7. The molecule has 0 bridgehead atoms. The van der Waals surface area contributed by atoms with E-state index < -0.39 is 12.1 Å². The molecule has 0 aliphatic rings. The number of methoxy groups -OCH3 is 1. The molecule has 0 unspecified atom stereocenters. The number of benzene rings is 3. The number of fused-ring (bicyclic) bond motifs is 1. The molecule has 5 heteroatoms. The molecule has 0 aromatic heterocycles. The fourth-order valence-corrected chi connectivity index (χ4v) is 2.79. The van der Waals surface area contributed by atoms with Crippen LogP contribution in [0.25, 0.3) is 10.8 Å². The molecule has 0 aliphatic carbocycles. The van der Waals surface area contributed by atoms with Crippen molar-refractivity contribution in [3.8, 4) is 5.75 Å². The van der Waals surface area contributed by atoms with Crippen LogP contribution >= 0.6 is 0 Å². The Morgan fingerprint density at radius 2 is 1.59 bits per heavy atom. The fourth-order valence-electron chi connectivity index (χ4n) is 2.79. The van der Waals surface area contributed by atoms with Crippen LogP contribution in [-0.4, -0.2) is 25.1 Å². The number of carbonyl (C=O) groups excluding carboxylic acids is 2. The van der Waals surface area contributed by atoms with Crippen molar-refractivity contribution in [2.45, 2.75) is 20.0 Å². The number of hydrogen-bond donors (Lipinski definition) is 1. The first-order valence-corrected chi connectivity index (χ1v) is 8.64. The number of carbonyl (C=O) groups is 2. The second kappa shape index (κ2) is 7.91. The third-order valence-electron chi connectivity index (χ3n) is 4.30. The molecule has 3 rings (SSSR count). The standard InChI is InChI=1S/C22H21NO4/c1-14-8-10-16(11-9-14)23-21(24)15(2)27-22(25)19-12-13-20(26-3)18-7-5-4-6-17(18)19/h4-13,15H,1-3H3,(H,23,24)/t15-/m0/s1. The van der Waals surface area contributed by atoms with Crippen LogP contribution in [0.1, 0.15) is 22.8 Å². The number of esters is 1. The lowest BCUT2D eigenvalue weighted by atomic mass is 10.0. The third-order valence-corrected chi connectivity index (χ3v) is 4.30. The molecule has 1 N–H and O–H groups in total. The summed E-state index contributed by atoms with van der Waals surface area (Å²) in [5.74, 6) is -0.266. The van der Waals surface area contributed by atoms with E-state index in [1.165, 1.54) is 0 Å². The van der Waals surface area contributed by atoms with Crippen molar-refractivity contribution in [3.05, 3.63) is 71.8 Å². The van der Waals surface area contributed by atoms with Crippen LogP contribution in [0.15, 0.2) is 60.7 Å². The highest BCUT2D eigenvalue weighted by atomic mass is 16.5. The maximum Gasteiger partial charge on any atom is 0.339 e. The van der Waals surface area contributed by atoms with Crippen LogP contribution in [-0.2, 0) is 9.53 Å². The van der Waals surface area contributed by atoms with Crippen molar-refractivity contribution in [1.29, 1.82) is 0 Å². The molecule has 3 aromatic rings. The van der Waals surface area contributed by atoms with Gasteiger partial charge < -0.3 is 14.8 Å². The maximum absolute atomic E-state index is 12.6. The molecule has 0 heterocycles. The lowest BCUT2D eigenvalue weighted by Gasteiger charge is -2.15. The lowest BCUT2D eigenvalue weighted by molar-refractivity contribution is -0.123. The Hall–Kier alpha value is -3.34. The summed E-state index contributed by atoms with van der Waals surface area (Å²) in [5.41, 5.74) is 2.14. The summed E-state index contributed by atoms with van der Waals surface area (Å²) in [7, 11) is 1.58. The molecule has 1 atom stereocenters. The van der Waals surface area contributed by atoms with E-state index in [9.17, 15) is 9.59 Å². The molecular formula is C22H21NO4. The second-order valence-corrected chi connectivity index (χ2v) is 6.26. The summed E-state index contributed by atoms with van der Waals surface area (Å²) in [4.78, 5) is 24.9. The summed E-state index contributed by atoms with van der Waals surface area (Å²) >= 11 is 0. The van der Waals surface area contributed by atoms with Crippen LogP contribution < -0.4 is 10.1 Å². The average Bonchev–Trinajstić information content (AvgIpc) is 2.68. The Bertz CT molecular complexity index is 979. The van der Waals surface area contributed by atoms with Crippen LogP contribution in [0.2, 0.25) is 0 Å². The first-order valence-electron chi connectivity index (χ1n) is 8.64. The number of aryl methyl sites for hydroxylation is 1. The number of rotatable bonds is 5. The molecule has 1 amide bonds. The second-order valence-electron chi connectivity index (χ2n) is 6.26. The Morgan fingerprint density at radius 1 is 0.926 bits per heavy atom. The highest BCUT2D eigenvalue weighted by molar-refractivity contribution is 6.07. The van der Waals surface area contributed by atoms with Crippen molar-refractivity contribution >= 4 is 28.3 Å². The summed E-state index contributed by atoms with van der Waals surface area (Å²) in [5, 5.41) is 4.27. The van der Waals surface area contributed by atoms with Crippen LogP contribution in [0.4, 0.5) is 5.69 Å². The van der Waals surface area contributed by atoms with Gasteiger partial charge in [0.05, 0.1) is 12.7 Å². The average molecular weight is 363 g/mol. The van der Waals surface area contributed by atoms with Crippen LogP contribution in [0.5, 0.6) is 5.75 Å². The zero-order valence-electron chi connectivity index (χ0n) is 15.5. The van der Waals surface area contributed by atoms with Gasteiger partial charge >= 0.3 is 5.97 Å². The molecule has 27 heavy (non-hydrogen) atoms. The van der Waals surface area contributed by atoms with Gasteiger partial charge in [0.25, 0.3) is 5.91 Å². The molecule has 138 valence electrons. The summed E-state index contributed by atoms with van der Waals surface area (Å²) < 4.78 is 10.7. The summed E-state index contributed by atoms with van der Waals surface area (Å²) in [6, 6.07) is 18.2. The molecule has 3 aromatic carbocycles. The lowest BCUT2D eigenvalue weighted by Crippen LogP contribution is -2.30. The molecule has 0 radical (unpaired) electrons. The highest BCUT2D eigenvalue weighted by Gasteiger charge is 2.21. The topological polar surface area (TPSA) is 64.6 Å². The SMILES string of the molecule is COc1ccc(C(=O)O[C@@H](C)C(=O)Nc2ccc(C)cc2)c2ccccc12. The minimum Gasteiger partial charge on any atom is -0.496 e. The van der Waals surface area contributed by atoms with E-state index in [0.29, 0.717) is 22.4 Å². The van der Waals surface area contributed by atoms with Gasteiger partial charge in [-0.15, -0.1) is 0 Å². The van der Waals surface area contributed by atoms with E-state index in [0.717, 1.165) is 10.9 Å². The molecule has 0 saturated carbocycles. The predicted octanol–water partition coefficient (Wildman–Crippen LogP) is 4.34. The van der Waals surface area contributed by atoms with Gasteiger partial charge in [-0.3, -0.25) is 4.79 Å². The van der Waals surface area contributed by atoms with Gasteiger partial charge in [-0.25, -0.2) is 4.79 Å². The number of amides is 1. The molecule has 0 fully saturated rings. The van der Waals surface area contributed by atoms with Crippen LogP contribution in [0, 0.1) is 6.92 Å². The van der Waals surface area contributed by atoms with Crippen molar-refractivity contribution in [3.63, 3.8) is 0 Å². The van der Waals surface area contributed by atoms with Gasteiger partial charge in [0.15, 0.2) is 6.10 Å². The minimum absolute atomic E-state index is 0.384. The molecule has 5 nitrogen and oxygen atoms in total. The Labute approximate surface area is 157 Å². The summed E-state index contributed by atoms with van der Waals surface area (Å²) in [6.45, 7) is 3.52. The monoisotopic (exact) mass is 363 g/mol. The first kappa shape index (κ1) is 18.5. The van der Waals surface area contributed by atoms with Gasteiger partial charge in [0.1, 0.15) is 5.75 Å². The summed E-state index contributed by atoms with van der Waals surface area (Å²) in [6.07, 6.45) is -0.931. The number of anilines is 1. The number of nitrogens with one attached hydrogen (secondary N) is 1. The maximum atomic E-state index is 12.6. The Morgan fingerprint density at radius 3 is 2.26 bits per heavy atom. The van der Waals surface area contributed by atoms with Gasteiger partial charge in [0.2, 0.25) is 0 Å². The quantitative estimate of drug-likeness (QED) is 0.685. The van der Waals surface area contributed by atoms with Gasteiger partial charge in [-0.1, -0.05) is 42.0 Å². The first-order chi connectivity index (χ1) is 13.0. The van der Waals surface area contributed by atoms with Crippen molar-refractivity contribution < 1.29 is 19.1 Å². The van der Waals surface area contributed by atoms with Gasteiger partial charge in [0, 0.05) is 11.1 Å². The van der Waals surface area contributed by atoms with Crippen molar-refractivity contribution in [2.75, 3.05) is 12.4 Å². The molecule has 0 spiro atoms. The van der Waals surface area contributed by atoms with E-state index in [1.54, 1.807) is 38.3 Å². The molecule has 0 aliphatic heterocycles. The Balaban J connectivity index is 1.76. The smallest absolute Gasteiger partial charge is 0.339 e. The van der Waals surface area contributed by atoms with Crippen LogP contribution in [0.3, 0.4) is 0 Å². The van der Waals surface area contributed by atoms with E-state index in [1.807, 2.05) is 43.3 Å². The highest BCUT2D eigenvalue weighted by Crippen LogP contribution is 2.29. The Kier molecular flexibility index (Phi) is 5.41. The van der Waals surface area contributed by atoms with Gasteiger partial charge in [-0.05, 0) is 43.5 Å². The molecule has 0 saturated heterocycles. The number of ether oxygens (including phenoxy) is 2. The van der Waals surface area contributed by atoms with Gasteiger partial charge in [-0.2, -0.15) is 0 Å². The van der Waals surface area contributed by atoms with E-state index in [4.69, 9.17) is 9.47 Å². The largest absolute Gasteiger partial charge is 0.496 e. The van der Waals surface area contributed by atoms with E-state index in [2.05, 4.69) is 5.32 Å². The third kappa shape index (κ3) is 4.08.